The van der Waals surface area contributed by atoms with Gasteiger partial charge in [-0.25, -0.2) is 0 Å². The number of cyclic esters (lactones) is 1. The first-order valence-electron chi connectivity index (χ1n) is 3.58. The summed E-state index contributed by atoms with van der Waals surface area (Å²) in [4.78, 5) is 11.1. The standard InChI is InChI=1S/C8H12O3/c1-3-4-8(2)5-6(9)11-7(8)10/h3,6,9H,1,4-5H2,2H3/t6?,8-/m1/s1. The van der Waals surface area contributed by atoms with Crippen molar-refractivity contribution in [2.24, 2.45) is 5.41 Å². The predicted molar refractivity (Wildman–Crippen MR) is 39.6 cm³/mol. The average Bonchev–Trinajstić information content (AvgIpc) is 2.08. The Morgan fingerprint density at radius 1 is 2.00 bits per heavy atom. The Labute approximate surface area is 65.7 Å². The zero-order valence-corrected chi connectivity index (χ0v) is 6.54. The lowest BCUT2D eigenvalue weighted by Gasteiger charge is -2.14. The zero-order valence-electron chi connectivity index (χ0n) is 6.54. The van der Waals surface area contributed by atoms with Crippen LogP contribution in [0.5, 0.6) is 0 Å². The molecule has 1 saturated heterocycles. The minimum Gasteiger partial charge on any atom is -0.436 e. The van der Waals surface area contributed by atoms with E-state index in [-0.39, 0.29) is 5.97 Å². The molecule has 2 atom stereocenters. The summed E-state index contributed by atoms with van der Waals surface area (Å²) in [6, 6.07) is 0. The summed E-state index contributed by atoms with van der Waals surface area (Å²) in [5, 5.41) is 8.98. The molecule has 1 N–H and O–H groups in total. The summed E-state index contributed by atoms with van der Waals surface area (Å²) in [7, 11) is 0. The summed E-state index contributed by atoms with van der Waals surface area (Å²) in [5.41, 5.74) is -0.554. The molecular formula is C8H12O3. The topological polar surface area (TPSA) is 46.5 Å². The number of carbonyl (C=O) groups excluding carboxylic acids is 1. The molecule has 1 aliphatic rings. The molecule has 3 heteroatoms. The van der Waals surface area contributed by atoms with Crippen LogP contribution in [0.4, 0.5) is 0 Å². The van der Waals surface area contributed by atoms with E-state index in [1.807, 2.05) is 0 Å². The molecule has 0 aromatic carbocycles. The summed E-state index contributed by atoms with van der Waals surface area (Å²) in [6.45, 7) is 5.31. The van der Waals surface area contributed by atoms with Crippen molar-refractivity contribution >= 4 is 5.97 Å². The van der Waals surface area contributed by atoms with Crippen molar-refractivity contribution in [2.45, 2.75) is 26.1 Å². The number of aliphatic hydroxyl groups is 1. The van der Waals surface area contributed by atoms with Gasteiger partial charge in [-0.15, -0.1) is 6.58 Å². The maximum Gasteiger partial charge on any atom is 0.314 e. The van der Waals surface area contributed by atoms with E-state index >= 15 is 0 Å². The fraction of sp³-hybridized carbons (Fsp3) is 0.625. The van der Waals surface area contributed by atoms with E-state index in [1.54, 1.807) is 13.0 Å². The molecule has 0 saturated carbocycles. The average molecular weight is 156 g/mol. The van der Waals surface area contributed by atoms with Crippen LogP contribution in [0.15, 0.2) is 12.7 Å². The van der Waals surface area contributed by atoms with E-state index in [9.17, 15) is 4.79 Å². The highest BCUT2D eigenvalue weighted by atomic mass is 16.6. The molecule has 0 amide bonds. The van der Waals surface area contributed by atoms with E-state index in [4.69, 9.17) is 5.11 Å². The smallest absolute Gasteiger partial charge is 0.314 e. The van der Waals surface area contributed by atoms with Crippen LogP contribution >= 0.6 is 0 Å². The molecule has 0 aromatic rings. The number of ether oxygens (including phenoxy) is 1. The van der Waals surface area contributed by atoms with E-state index < -0.39 is 11.7 Å². The molecule has 1 fully saturated rings. The van der Waals surface area contributed by atoms with Gasteiger partial charge in [0.2, 0.25) is 6.29 Å². The molecule has 62 valence electrons. The summed E-state index contributed by atoms with van der Waals surface area (Å²) < 4.78 is 4.60. The van der Waals surface area contributed by atoms with Crippen LogP contribution in [0.25, 0.3) is 0 Å². The highest BCUT2D eigenvalue weighted by Gasteiger charge is 2.43. The molecule has 1 heterocycles. The SMILES string of the molecule is C=CC[C@]1(C)CC(O)OC1=O. The minimum atomic E-state index is -0.924. The van der Waals surface area contributed by atoms with E-state index in [2.05, 4.69) is 11.3 Å². The normalized spacial score (nSPS) is 36.9. The molecule has 1 rings (SSSR count). The lowest BCUT2D eigenvalue weighted by molar-refractivity contribution is -0.157. The molecule has 0 aliphatic carbocycles. The summed E-state index contributed by atoms with van der Waals surface area (Å²) in [5.74, 6) is -0.329. The van der Waals surface area contributed by atoms with Crippen molar-refractivity contribution in [3.63, 3.8) is 0 Å². The van der Waals surface area contributed by atoms with Gasteiger partial charge in [-0.05, 0) is 13.3 Å². The van der Waals surface area contributed by atoms with Gasteiger partial charge in [0, 0.05) is 6.42 Å². The van der Waals surface area contributed by atoms with Gasteiger partial charge in [-0.1, -0.05) is 6.08 Å². The van der Waals surface area contributed by atoms with Crippen molar-refractivity contribution in [3.8, 4) is 0 Å². The third-order valence-electron chi connectivity index (χ3n) is 1.96. The Bertz CT molecular complexity index is 188. The lowest BCUT2D eigenvalue weighted by Crippen LogP contribution is -2.21. The Morgan fingerprint density at radius 3 is 3.00 bits per heavy atom. The number of hydrogen-bond donors (Lipinski definition) is 1. The van der Waals surface area contributed by atoms with Gasteiger partial charge in [0.05, 0.1) is 5.41 Å². The Morgan fingerprint density at radius 2 is 2.64 bits per heavy atom. The number of aliphatic hydroxyl groups excluding tert-OH is 1. The van der Waals surface area contributed by atoms with Crippen molar-refractivity contribution in [1.82, 2.24) is 0 Å². The van der Waals surface area contributed by atoms with Gasteiger partial charge in [-0.2, -0.15) is 0 Å². The third kappa shape index (κ3) is 1.43. The van der Waals surface area contributed by atoms with Gasteiger partial charge < -0.3 is 9.84 Å². The number of carbonyl (C=O) groups is 1. The fourth-order valence-electron chi connectivity index (χ4n) is 1.26. The van der Waals surface area contributed by atoms with Crippen molar-refractivity contribution < 1.29 is 14.6 Å². The molecule has 0 aromatic heterocycles. The van der Waals surface area contributed by atoms with Crippen LogP contribution in [0.1, 0.15) is 19.8 Å². The monoisotopic (exact) mass is 156 g/mol. The second-order valence-electron chi connectivity index (χ2n) is 3.12. The first kappa shape index (κ1) is 8.27. The van der Waals surface area contributed by atoms with Crippen LogP contribution in [-0.4, -0.2) is 17.4 Å². The van der Waals surface area contributed by atoms with Gasteiger partial charge in [0.25, 0.3) is 0 Å². The van der Waals surface area contributed by atoms with Crippen molar-refractivity contribution in [1.29, 1.82) is 0 Å². The van der Waals surface area contributed by atoms with Gasteiger partial charge >= 0.3 is 5.97 Å². The maximum absolute atomic E-state index is 11.1. The Balaban J connectivity index is 2.70. The fourth-order valence-corrected chi connectivity index (χ4v) is 1.26. The molecule has 0 spiro atoms. The van der Waals surface area contributed by atoms with E-state index in [0.29, 0.717) is 12.8 Å². The predicted octanol–water partition coefficient (Wildman–Crippen LogP) is 0.834. The van der Waals surface area contributed by atoms with E-state index in [0.717, 1.165) is 0 Å². The third-order valence-corrected chi connectivity index (χ3v) is 1.96. The zero-order chi connectivity index (χ0) is 8.48. The highest BCUT2D eigenvalue weighted by molar-refractivity contribution is 5.78. The number of esters is 1. The molecular weight excluding hydrogens is 144 g/mol. The molecule has 0 radical (unpaired) electrons. The number of hydrogen-bond acceptors (Lipinski definition) is 3. The molecule has 0 bridgehead atoms. The minimum absolute atomic E-state index is 0.329. The first-order valence-corrected chi connectivity index (χ1v) is 3.58. The lowest BCUT2D eigenvalue weighted by atomic mass is 9.85. The van der Waals surface area contributed by atoms with Crippen LogP contribution in [-0.2, 0) is 9.53 Å². The number of rotatable bonds is 2. The maximum atomic E-state index is 11.1. The molecule has 1 aliphatic heterocycles. The van der Waals surface area contributed by atoms with Crippen LogP contribution in [0, 0.1) is 5.41 Å². The van der Waals surface area contributed by atoms with Crippen molar-refractivity contribution in [3.05, 3.63) is 12.7 Å². The van der Waals surface area contributed by atoms with E-state index in [1.165, 1.54) is 0 Å². The van der Waals surface area contributed by atoms with Gasteiger partial charge in [0.15, 0.2) is 0 Å². The molecule has 11 heavy (non-hydrogen) atoms. The highest BCUT2D eigenvalue weighted by Crippen LogP contribution is 2.35. The second-order valence-corrected chi connectivity index (χ2v) is 3.12. The van der Waals surface area contributed by atoms with Crippen LogP contribution in [0.2, 0.25) is 0 Å². The van der Waals surface area contributed by atoms with Crippen molar-refractivity contribution in [2.75, 3.05) is 0 Å². The Hall–Kier alpha value is -0.830. The molecule has 1 unspecified atom stereocenters. The van der Waals surface area contributed by atoms with Crippen LogP contribution in [0.3, 0.4) is 0 Å². The molecule has 3 nitrogen and oxygen atoms in total. The second kappa shape index (κ2) is 2.66. The van der Waals surface area contributed by atoms with Gasteiger partial charge in [-0.3, -0.25) is 4.79 Å². The summed E-state index contributed by atoms with van der Waals surface area (Å²) in [6.07, 6.45) is 1.67. The largest absolute Gasteiger partial charge is 0.436 e. The van der Waals surface area contributed by atoms with Gasteiger partial charge in [0.1, 0.15) is 0 Å². The Kier molecular flexibility index (Phi) is 2.00. The quantitative estimate of drug-likeness (QED) is 0.476. The first-order chi connectivity index (χ1) is 5.08. The van der Waals surface area contributed by atoms with Crippen LogP contribution < -0.4 is 0 Å². The summed E-state index contributed by atoms with van der Waals surface area (Å²) >= 11 is 0. The number of allylic oxidation sites excluding steroid dienone is 1.